The van der Waals surface area contributed by atoms with Crippen LogP contribution in [0.2, 0.25) is 10.0 Å². The van der Waals surface area contributed by atoms with E-state index in [4.69, 9.17) is 32.4 Å². The van der Waals surface area contributed by atoms with Gasteiger partial charge in [-0.1, -0.05) is 76.8 Å². The van der Waals surface area contributed by atoms with Gasteiger partial charge in [0.2, 0.25) is 5.89 Å². The van der Waals surface area contributed by atoms with Gasteiger partial charge < -0.3 is 14.5 Å². The molecule has 0 aliphatic heterocycles. The minimum Gasteiger partial charge on any atom is -0.408 e. The first-order valence-corrected chi connectivity index (χ1v) is 10.2. The molecule has 7 heteroatoms. The van der Waals surface area contributed by atoms with Crippen LogP contribution in [0.25, 0.3) is 0 Å². The Bertz CT molecular complexity index is 1080. The summed E-state index contributed by atoms with van der Waals surface area (Å²) >= 11 is 12.4. The van der Waals surface area contributed by atoms with E-state index < -0.39 is 0 Å². The van der Waals surface area contributed by atoms with Gasteiger partial charge in [-0.05, 0) is 41.0 Å². The molecule has 0 amide bonds. The van der Waals surface area contributed by atoms with Crippen LogP contribution in [-0.4, -0.2) is 10.2 Å². The summed E-state index contributed by atoms with van der Waals surface area (Å²) in [6.45, 7) is 1.12. The largest absolute Gasteiger partial charge is 0.408 e. The molecule has 0 fully saturated rings. The number of halogens is 2. The average Bonchev–Trinajstić information content (AvgIpc) is 3.20. The quantitative estimate of drug-likeness (QED) is 0.342. The predicted octanol–water partition coefficient (Wildman–Crippen LogP) is 6.43. The number of nitrogens with zero attached hydrogens (tertiary/aromatic N) is 2. The molecule has 0 atom stereocenters. The van der Waals surface area contributed by atoms with E-state index in [0.717, 1.165) is 22.4 Å². The third-order valence-electron chi connectivity index (χ3n) is 4.44. The minimum atomic E-state index is 0.307. The molecule has 0 saturated carbocycles. The molecular formula is C23H19Cl2N3O2. The fourth-order valence-corrected chi connectivity index (χ4v) is 3.43. The van der Waals surface area contributed by atoms with Crippen molar-refractivity contribution < 1.29 is 9.15 Å². The number of benzene rings is 3. The Kier molecular flexibility index (Phi) is 6.64. The summed E-state index contributed by atoms with van der Waals surface area (Å²) in [5.41, 5.74) is 3.83. The molecule has 5 nitrogen and oxygen atoms in total. The van der Waals surface area contributed by atoms with Crippen LogP contribution in [-0.2, 0) is 24.4 Å². The van der Waals surface area contributed by atoms with E-state index in [-0.39, 0.29) is 0 Å². The van der Waals surface area contributed by atoms with Gasteiger partial charge in [0, 0.05) is 15.7 Å². The Hall–Kier alpha value is -2.86. The van der Waals surface area contributed by atoms with Gasteiger partial charge in [0.05, 0.1) is 19.6 Å². The molecule has 1 heterocycles. The van der Waals surface area contributed by atoms with Gasteiger partial charge in [0.1, 0.15) is 0 Å². The van der Waals surface area contributed by atoms with Gasteiger partial charge >= 0.3 is 6.01 Å². The maximum absolute atomic E-state index is 6.20. The van der Waals surface area contributed by atoms with E-state index >= 15 is 0 Å². The van der Waals surface area contributed by atoms with Crippen LogP contribution in [0.1, 0.15) is 22.6 Å². The van der Waals surface area contributed by atoms with Crippen LogP contribution >= 0.6 is 23.2 Å². The zero-order valence-corrected chi connectivity index (χ0v) is 17.5. The second-order valence-electron chi connectivity index (χ2n) is 6.68. The van der Waals surface area contributed by atoms with E-state index in [9.17, 15) is 0 Å². The van der Waals surface area contributed by atoms with Crippen molar-refractivity contribution in [2.45, 2.75) is 19.6 Å². The fourth-order valence-electron chi connectivity index (χ4n) is 2.90. The maximum atomic E-state index is 6.20. The van der Waals surface area contributed by atoms with Crippen molar-refractivity contribution >= 4 is 34.9 Å². The van der Waals surface area contributed by atoms with Gasteiger partial charge in [-0.25, -0.2) is 0 Å². The highest BCUT2D eigenvalue weighted by atomic mass is 35.5. The molecule has 4 aromatic rings. The van der Waals surface area contributed by atoms with Crippen molar-refractivity contribution in [2.75, 3.05) is 5.32 Å². The van der Waals surface area contributed by atoms with E-state index in [1.165, 1.54) is 0 Å². The van der Waals surface area contributed by atoms with Crippen LogP contribution in [0.5, 0.6) is 0 Å². The number of ether oxygens (including phenoxy) is 1. The zero-order valence-electron chi connectivity index (χ0n) is 16.0. The highest BCUT2D eigenvalue weighted by Crippen LogP contribution is 2.27. The van der Waals surface area contributed by atoms with Crippen LogP contribution in [0.4, 0.5) is 11.7 Å². The van der Waals surface area contributed by atoms with Crippen molar-refractivity contribution in [3.8, 4) is 0 Å². The second-order valence-corrected chi connectivity index (χ2v) is 7.49. The molecular weight excluding hydrogens is 421 g/mol. The molecule has 0 aliphatic carbocycles. The Morgan fingerprint density at radius 1 is 0.767 bits per heavy atom. The smallest absolute Gasteiger partial charge is 0.320 e. The van der Waals surface area contributed by atoms with Crippen molar-refractivity contribution in [3.63, 3.8) is 0 Å². The number of hydrogen-bond acceptors (Lipinski definition) is 5. The summed E-state index contributed by atoms with van der Waals surface area (Å²) < 4.78 is 11.4. The number of aromatic nitrogens is 2. The van der Waals surface area contributed by atoms with Crippen molar-refractivity contribution in [2.24, 2.45) is 0 Å². The second kappa shape index (κ2) is 9.76. The molecule has 1 aromatic heterocycles. The van der Waals surface area contributed by atoms with Crippen molar-refractivity contribution in [1.82, 2.24) is 10.2 Å². The lowest BCUT2D eigenvalue weighted by molar-refractivity contribution is 0.107. The van der Waals surface area contributed by atoms with Gasteiger partial charge in [-0.3, -0.25) is 0 Å². The lowest BCUT2D eigenvalue weighted by atomic mass is 10.1. The molecule has 0 radical (unpaired) electrons. The molecule has 0 aliphatic rings. The highest BCUT2D eigenvalue weighted by molar-refractivity contribution is 6.36. The lowest BCUT2D eigenvalue weighted by Crippen LogP contribution is -1.95. The third-order valence-corrected chi connectivity index (χ3v) is 5.15. The first-order valence-electron chi connectivity index (χ1n) is 9.40. The van der Waals surface area contributed by atoms with E-state index in [1.807, 2.05) is 54.6 Å². The summed E-state index contributed by atoms with van der Waals surface area (Å²) in [5, 5.41) is 12.3. The molecule has 30 heavy (non-hydrogen) atoms. The maximum Gasteiger partial charge on any atom is 0.320 e. The standard InChI is InChI=1S/C23H19Cl2N3O2/c24-20-7-4-8-21(25)19(20)13-22-27-28-23(30-22)26-18-11-9-17(10-12-18)15-29-14-16-5-2-1-3-6-16/h1-12H,13-15H2,(H,26,28). The normalized spacial score (nSPS) is 10.9. The molecule has 1 N–H and O–H groups in total. The monoisotopic (exact) mass is 439 g/mol. The summed E-state index contributed by atoms with van der Waals surface area (Å²) in [4.78, 5) is 0. The summed E-state index contributed by atoms with van der Waals surface area (Å²) in [6, 6.07) is 23.6. The van der Waals surface area contributed by atoms with E-state index in [0.29, 0.717) is 41.6 Å². The van der Waals surface area contributed by atoms with Crippen molar-refractivity contribution in [1.29, 1.82) is 0 Å². The zero-order chi connectivity index (χ0) is 20.8. The lowest BCUT2D eigenvalue weighted by Gasteiger charge is -2.06. The number of anilines is 2. The molecule has 0 spiro atoms. The molecule has 152 valence electrons. The Balaban J connectivity index is 1.31. The summed E-state index contributed by atoms with van der Waals surface area (Å²) in [6.07, 6.45) is 0.366. The van der Waals surface area contributed by atoms with Gasteiger partial charge in [-0.2, -0.15) is 0 Å². The number of nitrogens with one attached hydrogen (secondary N) is 1. The minimum absolute atomic E-state index is 0.307. The predicted molar refractivity (Wildman–Crippen MR) is 118 cm³/mol. The topological polar surface area (TPSA) is 60.2 Å². The van der Waals surface area contributed by atoms with E-state index in [2.05, 4.69) is 15.5 Å². The van der Waals surface area contributed by atoms with Gasteiger partial charge in [0.15, 0.2) is 0 Å². The van der Waals surface area contributed by atoms with Crippen LogP contribution < -0.4 is 5.32 Å². The van der Waals surface area contributed by atoms with Crippen LogP contribution in [0, 0.1) is 0 Å². The van der Waals surface area contributed by atoms with E-state index in [1.54, 1.807) is 18.2 Å². The Labute approximate surface area is 184 Å². The molecule has 3 aromatic carbocycles. The van der Waals surface area contributed by atoms with Gasteiger partial charge in [0.25, 0.3) is 0 Å². The van der Waals surface area contributed by atoms with Gasteiger partial charge in [-0.15, -0.1) is 5.10 Å². The summed E-state index contributed by atoms with van der Waals surface area (Å²) in [7, 11) is 0. The molecule has 0 bridgehead atoms. The Morgan fingerprint density at radius 2 is 1.43 bits per heavy atom. The average molecular weight is 440 g/mol. The molecule has 0 saturated heterocycles. The SMILES string of the molecule is Clc1cccc(Cl)c1Cc1nnc(Nc2ccc(COCc3ccccc3)cc2)o1. The number of hydrogen-bond donors (Lipinski definition) is 1. The third kappa shape index (κ3) is 5.39. The first kappa shape index (κ1) is 20.4. The summed E-state index contributed by atoms with van der Waals surface area (Å²) in [5.74, 6) is 0.429. The van der Waals surface area contributed by atoms with Crippen LogP contribution in [0.3, 0.4) is 0 Å². The molecule has 0 unspecified atom stereocenters. The fraction of sp³-hybridized carbons (Fsp3) is 0.130. The first-order chi connectivity index (χ1) is 14.7. The number of rotatable bonds is 8. The Morgan fingerprint density at radius 3 is 2.13 bits per heavy atom. The molecule has 4 rings (SSSR count). The highest BCUT2D eigenvalue weighted by Gasteiger charge is 2.12. The van der Waals surface area contributed by atoms with Crippen LogP contribution in [0.15, 0.2) is 77.2 Å². The van der Waals surface area contributed by atoms with Crippen molar-refractivity contribution in [3.05, 3.63) is 105 Å².